The second-order valence-electron chi connectivity index (χ2n) is 5.49. The number of benzene rings is 2. The summed E-state index contributed by atoms with van der Waals surface area (Å²) in [5, 5.41) is 8.79. The fourth-order valence-electron chi connectivity index (χ4n) is 2.13. The van der Waals surface area contributed by atoms with E-state index in [-0.39, 0.29) is 10.8 Å². The molecule has 0 atom stereocenters. The van der Waals surface area contributed by atoms with Crippen molar-refractivity contribution in [3.8, 4) is 0 Å². The highest BCUT2D eigenvalue weighted by atomic mass is 35.5. The van der Waals surface area contributed by atoms with Gasteiger partial charge in [0, 0.05) is 11.3 Å². The first-order valence-corrected chi connectivity index (χ1v) is 10.3. The van der Waals surface area contributed by atoms with E-state index in [0.29, 0.717) is 23.0 Å². The third-order valence-electron chi connectivity index (χ3n) is 3.42. The highest BCUT2D eigenvalue weighted by molar-refractivity contribution is 7.94. The van der Waals surface area contributed by atoms with Crippen LogP contribution >= 0.6 is 22.9 Å². The van der Waals surface area contributed by atoms with E-state index < -0.39 is 37.0 Å². The average Bonchev–Trinajstić information content (AvgIpc) is 3.12. The minimum Gasteiger partial charge on any atom is -0.296 e. The Balaban J connectivity index is 1.78. The molecule has 0 aliphatic carbocycles. The van der Waals surface area contributed by atoms with Gasteiger partial charge in [-0.1, -0.05) is 41.1 Å². The van der Waals surface area contributed by atoms with Crippen LogP contribution in [-0.4, -0.2) is 24.5 Å². The molecule has 0 radical (unpaired) electrons. The van der Waals surface area contributed by atoms with Crippen LogP contribution in [0.2, 0.25) is 5.02 Å². The van der Waals surface area contributed by atoms with Crippen molar-refractivity contribution in [3.63, 3.8) is 0 Å². The number of rotatable bonds is 5. The lowest BCUT2D eigenvalue weighted by Gasteiger charge is -2.11. The number of halogens is 4. The van der Waals surface area contributed by atoms with Crippen LogP contribution in [0.3, 0.4) is 0 Å². The Kier molecular flexibility index (Phi) is 5.78. The molecule has 0 saturated heterocycles. The van der Waals surface area contributed by atoms with E-state index in [9.17, 15) is 26.4 Å². The molecular weight excluding hydrogens is 453 g/mol. The zero-order valence-electron chi connectivity index (χ0n) is 14.1. The van der Waals surface area contributed by atoms with Crippen molar-refractivity contribution in [2.75, 3.05) is 10.0 Å². The summed E-state index contributed by atoms with van der Waals surface area (Å²) in [5.41, 5.74) is -1.22. The lowest BCUT2D eigenvalue weighted by Crippen LogP contribution is -2.14. The Hall–Kier alpha value is -2.70. The fraction of sp³-hybridized carbons (Fsp3) is 0.0625. The van der Waals surface area contributed by atoms with Gasteiger partial charge in [-0.3, -0.25) is 14.8 Å². The number of alkyl halides is 3. The third-order valence-corrected chi connectivity index (χ3v) is 6.33. The highest BCUT2D eigenvalue weighted by Gasteiger charge is 2.34. The zero-order chi connectivity index (χ0) is 21.2. The maximum atomic E-state index is 12.9. The van der Waals surface area contributed by atoms with E-state index in [1.807, 2.05) is 4.72 Å². The molecule has 7 nitrogen and oxygen atoms in total. The second kappa shape index (κ2) is 7.97. The zero-order valence-corrected chi connectivity index (χ0v) is 16.5. The first kappa shape index (κ1) is 21.0. The summed E-state index contributed by atoms with van der Waals surface area (Å²) in [6.45, 7) is 0. The summed E-state index contributed by atoms with van der Waals surface area (Å²) >= 11 is 6.06. The van der Waals surface area contributed by atoms with Crippen LogP contribution in [0.5, 0.6) is 0 Å². The molecule has 3 aromatic rings. The maximum Gasteiger partial charge on any atom is 0.417 e. The Morgan fingerprint density at radius 2 is 1.76 bits per heavy atom. The van der Waals surface area contributed by atoms with Gasteiger partial charge >= 0.3 is 6.18 Å². The van der Waals surface area contributed by atoms with Crippen LogP contribution in [0.1, 0.15) is 15.9 Å². The van der Waals surface area contributed by atoms with Crippen LogP contribution in [-0.2, 0) is 16.2 Å². The van der Waals surface area contributed by atoms with Crippen molar-refractivity contribution in [3.05, 3.63) is 64.7 Å². The molecule has 1 heterocycles. The SMILES string of the molecule is O=C(Nc1nnc(S(=O)(=O)Nc2ccc(Cl)c(C(F)(F)F)c2)s1)c1ccccc1. The monoisotopic (exact) mass is 462 g/mol. The van der Waals surface area contributed by atoms with Crippen molar-refractivity contribution >= 4 is 49.7 Å². The molecule has 0 unspecified atom stereocenters. The molecule has 2 N–H and O–H groups in total. The van der Waals surface area contributed by atoms with Gasteiger partial charge in [0.1, 0.15) is 0 Å². The number of carbonyl (C=O) groups excluding carboxylic acids is 1. The lowest BCUT2D eigenvalue weighted by molar-refractivity contribution is -0.137. The molecule has 29 heavy (non-hydrogen) atoms. The van der Waals surface area contributed by atoms with E-state index in [1.165, 1.54) is 0 Å². The molecule has 2 aromatic carbocycles. The van der Waals surface area contributed by atoms with Gasteiger partial charge in [-0.15, -0.1) is 10.2 Å². The summed E-state index contributed by atoms with van der Waals surface area (Å²) in [4.78, 5) is 12.1. The van der Waals surface area contributed by atoms with Gasteiger partial charge in [0.05, 0.1) is 10.6 Å². The maximum absolute atomic E-state index is 12.9. The molecule has 1 amide bonds. The van der Waals surface area contributed by atoms with Crippen LogP contribution in [0.15, 0.2) is 52.9 Å². The van der Waals surface area contributed by atoms with Gasteiger partial charge in [-0.2, -0.15) is 21.6 Å². The summed E-state index contributed by atoms with van der Waals surface area (Å²) in [5.74, 6) is -0.522. The number of nitrogens with one attached hydrogen (secondary N) is 2. The third kappa shape index (κ3) is 5.02. The van der Waals surface area contributed by atoms with Crippen molar-refractivity contribution in [2.45, 2.75) is 10.5 Å². The van der Waals surface area contributed by atoms with Gasteiger partial charge in [0.25, 0.3) is 20.3 Å². The number of carbonyl (C=O) groups is 1. The highest BCUT2D eigenvalue weighted by Crippen LogP contribution is 2.36. The van der Waals surface area contributed by atoms with E-state index in [2.05, 4.69) is 15.5 Å². The topological polar surface area (TPSA) is 101 Å². The number of hydrogen-bond donors (Lipinski definition) is 2. The largest absolute Gasteiger partial charge is 0.417 e. The van der Waals surface area contributed by atoms with Crippen LogP contribution in [0.4, 0.5) is 24.0 Å². The second-order valence-corrected chi connectivity index (χ2v) is 8.73. The van der Waals surface area contributed by atoms with Gasteiger partial charge in [0.15, 0.2) is 0 Å². The number of anilines is 2. The van der Waals surface area contributed by atoms with Gasteiger partial charge < -0.3 is 0 Å². The number of sulfonamides is 1. The summed E-state index contributed by atoms with van der Waals surface area (Å²) in [6.07, 6.45) is -4.75. The number of aromatic nitrogens is 2. The Bertz CT molecular complexity index is 1150. The summed E-state index contributed by atoms with van der Waals surface area (Å²) in [7, 11) is -4.33. The van der Waals surface area contributed by atoms with Crippen LogP contribution in [0.25, 0.3) is 0 Å². The smallest absolute Gasteiger partial charge is 0.296 e. The Morgan fingerprint density at radius 1 is 1.07 bits per heavy atom. The molecule has 0 bridgehead atoms. The summed E-state index contributed by atoms with van der Waals surface area (Å²) in [6, 6.07) is 10.7. The van der Waals surface area contributed by atoms with Gasteiger partial charge in [0.2, 0.25) is 5.13 Å². The minimum absolute atomic E-state index is 0.0914. The van der Waals surface area contributed by atoms with E-state index in [4.69, 9.17) is 11.6 Å². The van der Waals surface area contributed by atoms with Gasteiger partial charge in [-0.05, 0) is 30.3 Å². The number of amides is 1. The Morgan fingerprint density at radius 3 is 2.41 bits per heavy atom. The molecule has 0 aliphatic heterocycles. The predicted molar refractivity (Wildman–Crippen MR) is 102 cm³/mol. The predicted octanol–water partition coefficient (Wildman–Crippen LogP) is 4.26. The first-order valence-electron chi connectivity index (χ1n) is 7.66. The van der Waals surface area contributed by atoms with Gasteiger partial charge in [-0.25, -0.2) is 0 Å². The molecule has 13 heteroatoms. The molecule has 0 fully saturated rings. The molecule has 0 spiro atoms. The standard InChI is InChI=1S/C16H10ClF3N4O3S2/c17-12-7-6-10(8-11(12)16(18,19)20)24-29(26,27)15-23-22-14(28-15)21-13(25)9-4-2-1-3-5-9/h1-8,24H,(H,21,22,25). The summed E-state index contributed by atoms with van der Waals surface area (Å²) < 4.78 is 65.0. The van der Waals surface area contributed by atoms with Crippen LogP contribution < -0.4 is 10.0 Å². The van der Waals surface area contributed by atoms with Crippen molar-refractivity contribution in [1.82, 2.24) is 10.2 Å². The number of hydrogen-bond acceptors (Lipinski definition) is 6. The molecular formula is C16H10ClF3N4O3S2. The first-order chi connectivity index (χ1) is 13.6. The normalized spacial score (nSPS) is 11.9. The lowest BCUT2D eigenvalue weighted by atomic mass is 10.2. The van der Waals surface area contributed by atoms with Crippen LogP contribution in [0, 0.1) is 0 Å². The Labute approximate surface area is 171 Å². The van der Waals surface area contributed by atoms with E-state index in [0.717, 1.165) is 12.1 Å². The molecule has 152 valence electrons. The van der Waals surface area contributed by atoms with Crippen molar-refractivity contribution in [1.29, 1.82) is 0 Å². The van der Waals surface area contributed by atoms with E-state index in [1.54, 1.807) is 30.3 Å². The molecule has 1 aromatic heterocycles. The quantitative estimate of drug-likeness (QED) is 0.552. The van der Waals surface area contributed by atoms with E-state index >= 15 is 0 Å². The molecule has 0 aliphatic rings. The average molecular weight is 463 g/mol. The van der Waals surface area contributed by atoms with Crippen molar-refractivity contribution < 1.29 is 26.4 Å². The molecule has 0 saturated carbocycles. The van der Waals surface area contributed by atoms with Crippen molar-refractivity contribution in [2.24, 2.45) is 0 Å². The number of nitrogens with zero attached hydrogens (tertiary/aromatic N) is 2. The fourth-order valence-corrected chi connectivity index (χ4v) is 4.30. The minimum atomic E-state index is -4.75. The molecule has 3 rings (SSSR count).